The number of rotatable bonds is 5. The predicted octanol–water partition coefficient (Wildman–Crippen LogP) is 3.74. The lowest BCUT2D eigenvalue weighted by atomic mass is 10.2. The molecule has 2 aromatic carbocycles. The molecule has 0 aliphatic heterocycles. The largest absolute Gasteiger partial charge is 0.493 e. The van der Waals surface area contributed by atoms with E-state index in [2.05, 4.69) is 41.6 Å². The summed E-state index contributed by atoms with van der Waals surface area (Å²) in [4.78, 5) is 4.53. The number of nitrogens with zero attached hydrogens (tertiary/aromatic N) is 5. The molecule has 0 radical (unpaired) electrons. The second kappa shape index (κ2) is 7.43. The number of hydrogen-bond donors (Lipinski definition) is 1. The highest BCUT2D eigenvalue weighted by molar-refractivity contribution is 9.10. The van der Waals surface area contributed by atoms with E-state index in [0.717, 1.165) is 32.1 Å². The fourth-order valence-electron chi connectivity index (χ4n) is 3.03. The first kappa shape index (κ1) is 18.2. The molecule has 0 atom stereocenters. The minimum atomic E-state index is 0.314. The molecular formula is C19H17BrN6O2. The summed E-state index contributed by atoms with van der Waals surface area (Å²) < 4.78 is 13.4. The normalized spacial score (nSPS) is 11.4. The van der Waals surface area contributed by atoms with Crippen LogP contribution in [-0.4, -0.2) is 40.2 Å². The Bertz CT molecular complexity index is 1200. The van der Waals surface area contributed by atoms with E-state index in [-0.39, 0.29) is 0 Å². The van der Waals surface area contributed by atoms with Crippen molar-refractivity contribution in [3.63, 3.8) is 0 Å². The maximum Gasteiger partial charge on any atom is 0.265 e. The number of para-hydroxylation sites is 1. The quantitative estimate of drug-likeness (QED) is 0.375. The van der Waals surface area contributed by atoms with Gasteiger partial charge in [-0.1, -0.05) is 18.2 Å². The number of ether oxygens (including phenoxy) is 2. The topological polar surface area (TPSA) is 86.5 Å². The van der Waals surface area contributed by atoms with Gasteiger partial charge in [0.05, 0.1) is 30.4 Å². The van der Waals surface area contributed by atoms with Crippen LogP contribution in [0.1, 0.15) is 5.56 Å². The molecule has 0 fully saturated rings. The van der Waals surface area contributed by atoms with Crippen molar-refractivity contribution in [3.05, 3.63) is 46.4 Å². The third kappa shape index (κ3) is 3.13. The molecule has 8 nitrogen and oxygen atoms in total. The van der Waals surface area contributed by atoms with E-state index >= 15 is 0 Å². The highest BCUT2D eigenvalue weighted by atomic mass is 79.9. The molecule has 0 aliphatic carbocycles. The smallest absolute Gasteiger partial charge is 0.265 e. The zero-order valence-corrected chi connectivity index (χ0v) is 17.1. The average molecular weight is 441 g/mol. The van der Waals surface area contributed by atoms with Crippen molar-refractivity contribution in [3.8, 4) is 11.5 Å². The van der Waals surface area contributed by atoms with Crippen molar-refractivity contribution in [2.45, 2.75) is 0 Å². The molecule has 1 N–H and O–H groups in total. The molecule has 28 heavy (non-hydrogen) atoms. The third-order valence-electron chi connectivity index (χ3n) is 4.34. The second-order valence-corrected chi connectivity index (χ2v) is 6.85. The highest BCUT2D eigenvalue weighted by Crippen LogP contribution is 2.35. The molecule has 142 valence electrons. The van der Waals surface area contributed by atoms with Crippen LogP contribution in [0.15, 0.2) is 46.0 Å². The molecule has 0 bridgehead atoms. The fraction of sp³-hybridized carbons (Fsp3) is 0.158. The molecule has 2 aromatic heterocycles. The van der Waals surface area contributed by atoms with Crippen molar-refractivity contribution in [1.29, 1.82) is 0 Å². The van der Waals surface area contributed by atoms with Crippen molar-refractivity contribution < 1.29 is 9.47 Å². The number of halogens is 1. The Hall–Kier alpha value is -3.20. The van der Waals surface area contributed by atoms with Gasteiger partial charge in [0.1, 0.15) is 5.52 Å². The lowest BCUT2D eigenvalue weighted by Crippen LogP contribution is -2.01. The van der Waals surface area contributed by atoms with Crippen molar-refractivity contribution >= 4 is 50.2 Å². The average Bonchev–Trinajstić information content (AvgIpc) is 3.00. The molecule has 0 saturated heterocycles. The lowest BCUT2D eigenvalue weighted by molar-refractivity contribution is 0.353. The monoisotopic (exact) mass is 440 g/mol. The van der Waals surface area contributed by atoms with E-state index in [1.54, 1.807) is 20.4 Å². The van der Waals surface area contributed by atoms with Gasteiger partial charge in [0.2, 0.25) is 0 Å². The van der Waals surface area contributed by atoms with E-state index in [1.165, 1.54) is 0 Å². The van der Waals surface area contributed by atoms with Gasteiger partial charge in [-0.25, -0.2) is 5.43 Å². The number of aryl methyl sites for hydroxylation is 1. The Balaban J connectivity index is 1.61. The lowest BCUT2D eigenvalue weighted by Gasteiger charge is -2.10. The van der Waals surface area contributed by atoms with Crippen LogP contribution in [0.4, 0.5) is 5.95 Å². The number of aromatic nitrogens is 4. The van der Waals surface area contributed by atoms with Gasteiger partial charge in [0.15, 0.2) is 17.1 Å². The SMILES string of the molecule is COc1cc(/C=N/Nc2nnc3c4ccccc4n(C)c3n2)cc(Br)c1OC. The van der Waals surface area contributed by atoms with Gasteiger partial charge in [-0.2, -0.15) is 10.1 Å². The zero-order valence-electron chi connectivity index (χ0n) is 15.5. The Morgan fingerprint density at radius 2 is 1.96 bits per heavy atom. The Kier molecular flexibility index (Phi) is 4.82. The number of nitrogens with one attached hydrogen (secondary N) is 1. The summed E-state index contributed by atoms with van der Waals surface area (Å²) in [5.74, 6) is 1.55. The summed E-state index contributed by atoms with van der Waals surface area (Å²) in [6.07, 6.45) is 1.64. The van der Waals surface area contributed by atoms with E-state index in [4.69, 9.17) is 9.47 Å². The van der Waals surface area contributed by atoms with Gasteiger partial charge < -0.3 is 14.0 Å². The molecule has 0 amide bonds. The molecule has 2 heterocycles. The summed E-state index contributed by atoms with van der Waals surface area (Å²) in [5, 5.41) is 13.7. The third-order valence-corrected chi connectivity index (χ3v) is 4.93. The molecule has 0 unspecified atom stereocenters. The summed E-state index contributed by atoms with van der Waals surface area (Å²) >= 11 is 3.46. The summed E-state index contributed by atoms with van der Waals surface area (Å²) in [7, 11) is 5.13. The van der Waals surface area contributed by atoms with Crippen LogP contribution in [0, 0.1) is 0 Å². The van der Waals surface area contributed by atoms with Crippen molar-refractivity contribution in [1.82, 2.24) is 19.7 Å². The Morgan fingerprint density at radius 1 is 1.14 bits per heavy atom. The number of fused-ring (bicyclic) bond motifs is 3. The number of benzene rings is 2. The number of methoxy groups -OCH3 is 2. The molecule has 4 rings (SSSR count). The van der Waals surface area contributed by atoms with E-state index in [1.807, 2.05) is 48.0 Å². The number of anilines is 1. The minimum Gasteiger partial charge on any atom is -0.493 e. The maximum absolute atomic E-state index is 5.34. The zero-order chi connectivity index (χ0) is 19.7. The van der Waals surface area contributed by atoms with Crippen LogP contribution in [-0.2, 0) is 7.05 Å². The summed E-state index contributed by atoms with van der Waals surface area (Å²) in [6.45, 7) is 0. The standard InChI is InChI=1S/C19H17BrN6O2/c1-26-14-7-5-4-6-12(14)16-18(26)22-19(25-23-16)24-21-10-11-8-13(20)17(28-3)15(9-11)27-2/h4-10H,1-3H3,(H,22,24,25)/b21-10+. The second-order valence-electron chi connectivity index (χ2n) is 5.99. The summed E-state index contributed by atoms with van der Waals surface area (Å²) in [6, 6.07) is 11.7. The Morgan fingerprint density at radius 3 is 2.75 bits per heavy atom. The van der Waals surface area contributed by atoms with Gasteiger partial charge >= 0.3 is 0 Å². The van der Waals surface area contributed by atoms with Crippen LogP contribution >= 0.6 is 15.9 Å². The molecule has 0 aliphatic rings. The van der Waals surface area contributed by atoms with E-state index in [0.29, 0.717) is 17.4 Å². The van der Waals surface area contributed by atoms with E-state index in [9.17, 15) is 0 Å². The van der Waals surface area contributed by atoms with Gasteiger partial charge in [0, 0.05) is 12.4 Å². The molecule has 4 aromatic rings. The first-order valence-corrected chi connectivity index (χ1v) is 9.20. The van der Waals surface area contributed by atoms with Gasteiger partial charge in [0.25, 0.3) is 5.95 Å². The predicted molar refractivity (Wildman–Crippen MR) is 112 cm³/mol. The summed E-state index contributed by atoms with van der Waals surface area (Å²) in [5.41, 5.74) is 6.19. The van der Waals surface area contributed by atoms with Crippen molar-refractivity contribution in [2.75, 3.05) is 19.6 Å². The number of hydrazone groups is 1. The highest BCUT2D eigenvalue weighted by Gasteiger charge is 2.12. The minimum absolute atomic E-state index is 0.314. The van der Waals surface area contributed by atoms with Crippen LogP contribution in [0.5, 0.6) is 11.5 Å². The van der Waals surface area contributed by atoms with Crippen molar-refractivity contribution in [2.24, 2.45) is 12.1 Å². The molecule has 0 saturated carbocycles. The van der Waals surface area contributed by atoms with Crippen LogP contribution in [0.25, 0.3) is 22.1 Å². The first-order valence-electron chi connectivity index (χ1n) is 8.41. The molecule has 0 spiro atoms. The van der Waals surface area contributed by atoms with Gasteiger partial charge in [-0.3, -0.25) is 0 Å². The molecular weight excluding hydrogens is 424 g/mol. The van der Waals surface area contributed by atoms with Crippen LogP contribution in [0.3, 0.4) is 0 Å². The number of hydrogen-bond acceptors (Lipinski definition) is 7. The van der Waals surface area contributed by atoms with Gasteiger partial charge in [-0.15, -0.1) is 10.2 Å². The maximum atomic E-state index is 5.34. The molecule has 9 heteroatoms. The van der Waals surface area contributed by atoms with E-state index < -0.39 is 0 Å². The fourth-order valence-corrected chi connectivity index (χ4v) is 3.65. The first-order chi connectivity index (χ1) is 13.6. The Labute approximate surface area is 169 Å². The van der Waals surface area contributed by atoms with Crippen LogP contribution in [0.2, 0.25) is 0 Å². The van der Waals surface area contributed by atoms with Gasteiger partial charge in [-0.05, 0) is 39.7 Å². The van der Waals surface area contributed by atoms with Crippen LogP contribution < -0.4 is 14.9 Å².